The van der Waals surface area contributed by atoms with Crippen molar-refractivity contribution in [2.45, 2.75) is 12.2 Å². The fraction of sp³-hybridized carbons (Fsp3) is 0.200. The van der Waals surface area contributed by atoms with Crippen molar-refractivity contribution < 1.29 is 22.4 Å². The first kappa shape index (κ1) is 18.2. The van der Waals surface area contributed by atoms with Crippen molar-refractivity contribution in [2.75, 3.05) is 13.1 Å². The maximum atomic E-state index is 13.0. The first-order valence-corrected chi connectivity index (χ1v) is 8.54. The zero-order valence-corrected chi connectivity index (χ0v) is 14.6. The zero-order chi connectivity index (χ0) is 20.1. The van der Waals surface area contributed by atoms with Crippen molar-refractivity contribution in [1.29, 1.82) is 0 Å². The number of benzene rings is 2. The summed E-state index contributed by atoms with van der Waals surface area (Å²) in [5, 5.41) is 5.39. The van der Waals surface area contributed by atoms with Gasteiger partial charge in [-0.3, -0.25) is 9.48 Å². The summed E-state index contributed by atoms with van der Waals surface area (Å²) >= 11 is 0. The first-order chi connectivity index (χ1) is 13.3. The van der Waals surface area contributed by atoms with E-state index in [4.69, 9.17) is 0 Å². The highest BCUT2D eigenvalue weighted by molar-refractivity contribution is 5.94. The van der Waals surface area contributed by atoms with Crippen molar-refractivity contribution in [3.8, 4) is 11.3 Å². The Bertz CT molecular complexity index is 1060. The van der Waals surface area contributed by atoms with E-state index >= 15 is 0 Å². The Morgan fingerprint density at radius 2 is 1.71 bits per heavy atom. The second kappa shape index (κ2) is 6.47. The number of hydrogen-bond acceptors (Lipinski definition) is 2. The molecule has 0 radical (unpaired) electrons. The molecule has 8 heteroatoms. The van der Waals surface area contributed by atoms with Gasteiger partial charge >= 0.3 is 6.18 Å². The molecule has 144 valence electrons. The number of hydrogen-bond donors (Lipinski definition) is 0. The van der Waals surface area contributed by atoms with Gasteiger partial charge in [0.15, 0.2) is 5.83 Å². The number of rotatable bonds is 3. The van der Waals surface area contributed by atoms with Gasteiger partial charge in [0.2, 0.25) is 0 Å². The third kappa shape index (κ3) is 3.04. The minimum absolute atomic E-state index is 0.142. The van der Waals surface area contributed by atoms with Crippen molar-refractivity contribution in [3.05, 3.63) is 66.5 Å². The van der Waals surface area contributed by atoms with Gasteiger partial charge in [0.25, 0.3) is 5.91 Å². The number of halogens is 4. The summed E-state index contributed by atoms with van der Waals surface area (Å²) in [6, 6.07) is 12.1. The fourth-order valence-electron chi connectivity index (χ4n) is 3.35. The number of carbonyl (C=O) groups is 1. The average Bonchev–Trinajstić information content (AvgIpc) is 2.99. The molecule has 0 spiro atoms. The van der Waals surface area contributed by atoms with E-state index in [1.54, 1.807) is 4.68 Å². The fourth-order valence-corrected chi connectivity index (χ4v) is 3.35. The lowest BCUT2D eigenvalue weighted by atomic mass is 10.1. The quantitative estimate of drug-likeness (QED) is 0.486. The van der Waals surface area contributed by atoms with E-state index in [0.29, 0.717) is 24.3 Å². The molecule has 28 heavy (non-hydrogen) atoms. The van der Waals surface area contributed by atoms with Crippen LogP contribution >= 0.6 is 0 Å². The smallest absolute Gasteiger partial charge is 0.332 e. The molecular formula is C20H15F4N3O. The molecule has 0 unspecified atom stereocenters. The molecule has 3 aromatic rings. The summed E-state index contributed by atoms with van der Waals surface area (Å²) in [5.74, 6) is -1.75. The predicted molar refractivity (Wildman–Crippen MR) is 96.0 cm³/mol. The van der Waals surface area contributed by atoms with Crippen molar-refractivity contribution >= 4 is 16.8 Å². The van der Waals surface area contributed by atoms with Gasteiger partial charge in [0.05, 0.1) is 17.1 Å². The van der Waals surface area contributed by atoms with Crippen LogP contribution < -0.4 is 0 Å². The lowest BCUT2D eigenvalue weighted by Gasteiger charge is -2.39. The van der Waals surface area contributed by atoms with Crippen LogP contribution in [0.3, 0.4) is 0 Å². The Labute approximate surface area is 157 Å². The standard InChI is InChI=1S/C20H15F4N3O/c1-12(21)19(28)26-10-15(11-26)27-17-5-3-2-4-16(17)18(25-27)13-6-8-14(9-7-13)20(22,23)24/h2-9,15H,1,10-11H2. The van der Waals surface area contributed by atoms with Crippen LogP contribution in [0.5, 0.6) is 0 Å². The van der Waals surface area contributed by atoms with E-state index in [9.17, 15) is 22.4 Å². The highest BCUT2D eigenvalue weighted by atomic mass is 19.4. The van der Waals surface area contributed by atoms with Crippen LogP contribution in [0.25, 0.3) is 22.2 Å². The molecule has 0 N–H and O–H groups in total. The maximum absolute atomic E-state index is 13.0. The Kier molecular flexibility index (Phi) is 4.21. The second-order valence-electron chi connectivity index (χ2n) is 6.65. The Morgan fingerprint density at radius 3 is 2.32 bits per heavy atom. The van der Waals surface area contributed by atoms with Crippen LogP contribution in [-0.2, 0) is 11.0 Å². The van der Waals surface area contributed by atoms with Crippen LogP contribution in [-0.4, -0.2) is 33.7 Å². The number of likely N-dealkylation sites (tertiary alicyclic amines) is 1. The molecule has 1 amide bonds. The normalized spacial score (nSPS) is 14.9. The predicted octanol–water partition coefficient (Wildman–Crippen LogP) is 4.59. The van der Waals surface area contributed by atoms with E-state index in [0.717, 1.165) is 23.0 Å². The summed E-state index contributed by atoms with van der Waals surface area (Å²) in [6.07, 6.45) is -4.40. The minimum atomic E-state index is -4.40. The molecule has 1 aliphatic rings. The van der Waals surface area contributed by atoms with Gasteiger partial charge in [0.1, 0.15) is 5.69 Å². The van der Waals surface area contributed by atoms with E-state index in [1.165, 1.54) is 17.0 Å². The van der Waals surface area contributed by atoms with Crippen molar-refractivity contribution in [2.24, 2.45) is 0 Å². The lowest BCUT2D eigenvalue weighted by molar-refractivity contribution is -0.137. The molecule has 0 aliphatic carbocycles. The summed E-state index contributed by atoms with van der Waals surface area (Å²) in [6.45, 7) is 3.60. The van der Waals surface area contributed by atoms with Gasteiger partial charge in [-0.15, -0.1) is 0 Å². The van der Waals surface area contributed by atoms with Gasteiger partial charge < -0.3 is 4.90 Å². The van der Waals surface area contributed by atoms with Gasteiger partial charge in [-0.2, -0.15) is 18.3 Å². The lowest BCUT2D eigenvalue weighted by Crippen LogP contribution is -2.51. The molecule has 0 saturated carbocycles. The highest BCUT2D eigenvalue weighted by Crippen LogP contribution is 2.35. The van der Waals surface area contributed by atoms with Crippen LogP contribution in [0.4, 0.5) is 17.6 Å². The number of carbonyl (C=O) groups excluding carboxylic acids is 1. The van der Waals surface area contributed by atoms with Crippen LogP contribution in [0.2, 0.25) is 0 Å². The second-order valence-corrected chi connectivity index (χ2v) is 6.65. The molecule has 2 aromatic carbocycles. The molecule has 1 aromatic heterocycles. The van der Waals surface area contributed by atoms with E-state index in [-0.39, 0.29) is 6.04 Å². The minimum Gasteiger partial charge on any atom is -0.332 e. The zero-order valence-electron chi connectivity index (χ0n) is 14.6. The van der Waals surface area contributed by atoms with Crippen LogP contribution in [0.15, 0.2) is 60.9 Å². The van der Waals surface area contributed by atoms with Gasteiger partial charge in [-0.05, 0) is 18.2 Å². The molecule has 4 rings (SSSR count). The van der Waals surface area contributed by atoms with E-state index < -0.39 is 23.5 Å². The molecule has 1 saturated heterocycles. The molecule has 4 nitrogen and oxygen atoms in total. The molecule has 0 atom stereocenters. The SMILES string of the molecule is C=C(F)C(=O)N1CC(n2nc(-c3ccc(C(F)(F)F)cc3)c3ccccc32)C1. The maximum Gasteiger partial charge on any atom is 0.416 e. The average molecular weight is 389 g/mol. The first-order valence-electron chi connectivity index (χ1n) is 8.54. The van der Waals surface area contributed by atoms with Crippen LogP contribution in [0.1, 0.15) is 11.6 Å². The summed E-state index contributed by atoms with van der Waals surface area (Å²) < 4.78 is 53.2. The number of nitrogens with zero attached hydrogens (tertiary/aromatic N) is 3. The molecule has 0 bridgehead atoms. The van der Waals surface area contributed by atoms with Crippen molar-refractivity contribution in [1.82, 2.24) is 14.7 Å². The Balaban J connectivity index is 1.68. The van der Waals surface area contributed by atoms with Gasteiger partial charge in [-0.25, -0.2) is 4.39 Å². The van der Waals surface area contributed by atoms with Gasteiger partial charge in [0, 0.05) is 24.0 Å². The Morgan fingerprint density at radius 1 is 1.07 bits per heavy atom. The molecule has 1 fully saturated rings. The van der Waals surface area contributed by atoms with E-state index in [1.807, 2.05) is 24.3 Å². The molecular weight excluding hydrogens is 374 g/mol. The van der Waals surface area contributed by atoms with Crippen LogP contribution in [0, 0.1) is 0 Å². The number of aromatic nitrogens is 2. The largest absolute Gasteiger partial charge is 0.416 e. The monoisotopic (exact) mass is 389 g/mol. The van der Waals surface area contributed by atoms with Gasteiger partial charge in [-0.1, -0.05) is 36.9 Å². The third-order valence-corrected chi connectivity index (χ3v) is 4.83. The van der Waals surface area contributed by atoms with Crippen molar-refractivity contribution in [3.63, 3.8) is 0 Å². The number of alkyl halides is 3. The summed E-state index contributed by atoms with van der Waals surface area (Å²) in [7, 11) is 0. The number of amides is 1. The molecule has 1 aliphatic heterocycles. The summed E-state index contributed by atoms with van der Waals surface area (Å²) in [5.41, 5.74) is 1.20. The highest BCUT2D eigenvalue weighted by Gasteiger charge is 2.35. The topological polar surface area (TPSA) is 38.1 Å². The third-order valence-electron chi connectivity index (χ3n) is 4.83. The summed E-state index contributed by atoms with van der Waals surface area (Å²) in [4.78, 5) is 13.0. The number of fused-ring (bicyclic) bond motifs is 1. The Hall–Kier alpha value is -3.16. The van der Waals surface area contributed by atoms with E-state index in [2.05, 4.69) is 11.7 Å². The number of para-hydroxylation sites is 1. The molecule has 2 heterocycles.